The Morgan fingerprint density at radius 3 is 2.32 bits per heavy atom. The average molecular weight is 333 g/mol. The van der Waals surface area contributed by atoms with E-state index in [0.717, 1.165) is 17.0 Å². The van der Waals surface area contributed by atoms with Gasteiger partial charge in [-0.1, -0.05) is 62.2 Å². The molecule has 25 heavy (non-hydrogen) atoms. The van der Waals surface area contributed by atoms with E-state index in [-0.39, 0.29) is 0 Å². The van der Waals surface area contributed by atoms with E-state index >= 15 is 0 Å². The second-order valence-corrected chi connectivity index (χ2v) is 6.60. The zero-order chi connectivity index (χ0) is 17.5. The van der Waals surface area contributed by atoms with E-state index in [0.29, 0.717) is 6.04 Å². The van der Waals surface area contributed by atoms with Crippen LogP contribution in [0, 0.1) is 0 Å². The van der Waals surface area contributed by atoms with Crippen molar-refractivity contribution in [1.82, 2.24) is 0 Å². The molecule has 0 spiro atoms. The van der Waals surface area contributed by atoms with E-state index in [1.807, 2.05) is 12.1 Å². The second-order valence-electron chi connectivity index (χ2n) is 6.60. The SMILES string of the molecule is C=C(/C=C/c1ccc(OC)cc1)N(c1ccccc1)C1CCCCC1. The van der Waals surface area contributed by atoms with Crippen molar-refractivity contribution in [2.75, 3.05) is 12.0 Å². The predicted octanol–water partition coefficient (Wildman–Crippen LogP) is 6.06. The average Bonchev–Trinajstić information content (AvgIpc) is 2.69. The topological polar surface area (TPSA) is 12.5 Å². The normalized spacial score (nSPS) is 15.2. The first-order valence-corrected chi connectivity index (χ1v) is 9.13. The number of rotatable bonds is 6. The fourth-order valence-electron chi connectivity index (χ4n) is 3.53. The molecule has 0 unspecified atom stereocenters. The van der Waals surface area contributed by atoms with Gasteiger partial charge in [0.15, 0.2) is 0 Å². The number of para-hydroxylation sites is 1. The Kier molecular flexibility index (Phi) is 5.95. The summed E-state index contributed by atoms with van der Waals surface area (Å²) in [6.45, 7) is 4.37. The molecule has 0 amide bonds. The Hall–Kier alpha value is -2.48. The van der Waals surface area contributed by atoms with E-state index in [4.69, 9.17) is 4.74 Å². The molecule has 130 valence electrons. The summed E-state index contributed by atoms with van der Waals surface area (Å²) >= 11 is 0. The first-order valence-electron chi connectivity index (χ1n) is 9.13. The Morgan fingerprint density at radius 1 is 1.00 bits per heavy atom. The van der Waals surface area contributed by atoms with Gasteiger partial charge in [-0.2, -0.15) is 0 Å². The van der Waals surface area contributed by atoms with Crippen LogP contribution in [0.5, 0.6) is 5.75 Å². The molecule has 0 N–H and O–H groups in total. The van der Waals surface area contributed by atoms with Crippen LogP contribution in [-0.4, -0.2) is 13.2 Å². The third kappa shape index (κ3) is 4.54. The van der Waals surface area contributed by atoms with Crippen LogP contribution < -0.4 is 9.64 Å². The number of methoxy groups -OCH3 is 1. The molecular weight excluding hydrogens is 306 g/mol. The molecule has 2 nitrogen and oxygen atoms in total. The van der Waals surface area contributed by atoms with Gasteiger partial charge < -0.3 is 9.64 Å². The second kappa shape index (κ2) is 8.57. The van der Waals surface area contributed by atoms with Gasteiger partial charge in [0.25, 0.3) is 0 Å². The minimum absolute atomic E-state index is 0.546. The van der Waals surface area contributed by atoms with Gasteiger partial charge in [-0.15, -0.1) is 0 Å². The van der Waals surface area contributed by atoms with E-state index in [9.17, 15) is 0 Å². The largest absolute Gasteiger partial charge is 0.497 e. The zero-order valence-electron chi connectivity index (χ0n) is 15.0. The standard InChI is InChI=1S/C23H27NO/c1-19(13-14-20-15-17-23(25-2)18-16-20)24(21-9-5-3-6-10-21)22-11-7-4-8-12-22/h3,5-6,9-10,13-18,22H,1,4,7-8,11-12H2,2H3/b14-13+. The number of anilines is 1. The number of benzene rings is 2. The molecule has 2 aromatic rings. The van der Waals surface area contributed by atoms with Gasteiger partial charge in [-0.3, -0.25) is 0 Å². The van der Waals surface area contributed by atoms with Crippen molar-refractivity contribution in [1.29, 1.82) is 0 Å². The molecule has 0 heterocycles. The molecule has 1 aliphatic carbocycles. The van der Waals surface area contributed by atoms with Crippen molar-refractivity contribution in [2.45, 2.75) is 38.1 Å². The van der Waals surface area contributed by atoms with E-state index in [2.05, 4.69) is 66.1 Å². The maximum Gasteiger partial charge on any atom is 0.118 e. The summed E-state index contributed by atoms with van der Waals surface area (Å²) in [5, 5.41) is 0. The summed E-state index contributed by atoms with van der Waals surface area (Å²) in [5.74, 6) is 0.879. The van der Waals surface area contributed by atoms with Crippen LogP contribution in [0.3, 0.4) is 0 Å². The fourth-order valence-corrected chi connectivity index (χ4v) is 3.53. The molecule has 1 aliphatic rings. The summed E-state index contributed by atoms with van der Waals surface area (Å²) in [6, 6.07) is 19.3. The third-order valence-electron chi connectivity index (χ3n) is 4.87. The van der Waals surface area contributed by atoms with Crippen molar-refractivity contribution in [2.24, 2.45) is 0 Å². The Bertz CT molecular complexity index is 697. The number of nitrogens with zero attached hydrogens (tertiary/aromatic N) is 1. The van der Waals surface area contributed by atoms with Crippen LogP contribution in [0.2, 0.25) is 0 Å². The van der Waals surface area contributed by atoms with Gasteiger partial charge in [0, 0.05) is 17.4 Å². The minimum Gasteiger partial charge on any atom is -0.497 e. The summed E-state index contributed by atoms with van der Waals surface area (Å²) in [5.41, 5.74) is 3.44. The van der Waals surface area contributed by atoms with Gasteiger partial charge >= 0.3 is 0 Å². The first kappa shape index (κ1) is 17.3. The van der Waals surface area contributed by atoms with Crippen LogP contribution in [0.15, 0.2) is 72.9 Å². The molecule has 0 atom stereocenters. The number of allylic oxidation sites excluding steroid dienone is 1. The maximum absolute atomic E-state index is 5.22. The lowest BCUT2D eigenvalue weighted by molar-refractivity contribution is 0.415. The molecule has 0 saturated heterocycles. The lowest BCUT2D eigenvalue weighted by Crippen LogP contribution is -2.35. The highest BCUT2D eigenvalue weighted by Crippen LogP contribution is 2.30. The Morgan fingerprint density at radius 2 is 1.68 bits per heavy atom. The monoisotopic (exact) mass is 333 g/mol. The lowest BCUT2D eigenvalue weighted by atomic mass is 9.93. The highest BCUT2D eigenvalue weighted by Gasteiger charge is 2.22. The summed E-state index contributed by atoms with van der Waals surface area (Å²) in [4.78, 5) is 2.42. The van der Waals surface area contributed by atoms with Gasteiger partial charge in [-0.05, 0) is 48.7 Å². The molecule has 3 rings (SSSR count). The van der Waals surface area contributed by atoms with Crippen LogP contribution in [0.1, 0.15) is 37.7 Å². The molecular formula is C23H27NO. The Balaban J connectivity index is 1.79. The fraction of sp³-hybridized carbons (Fsp3) is 0.304. The minimum atomic E-state index is 0.546. The maximum atomic E-state index is 5.22. The summed E-state index contributed by atoms with van der Waals surface area (Å²) in [6.07, 6.45) is 10.7. The molecule has 0 bridgehead atoms. The highest BCUT2D eigenvalue weighted by atomic mass is 16.5. The predicted molar refractivity (Wildman–Crippen MR) is 107 cm³/mol. The molecule has 0 radical (unpaired) electrons. The van der Waals surface area contributed by atoms with Gasteiger partial charge in [0.1, 0.15) is 5.75 Å². The van der Waals surface area contributed by atoms with Crippen LogP contribution in [0.25, 0.3) is 6.08 Å². The zero-order valence-corrected chi connectivity index (χ0v) is 15.0. The van der Waals surface area contributed by atoms with Crippen molar-refractivity contribution in [3.8, 4) is 5.75 Å². The molecule has 1 fully saturated rings. The van der Waals surface area contributed by atoms with E-state index in [1.54, 1.807) is 7.11 Å². The molecule has 0 aromatic heterocycles. The smallest absolute Gasteiger partial charge is 0.118 e. The van der Waals surface area contributed by atoms with Crippen LogP contribution in [0.4, 0.5) is 5.69 Å². The number of hydrogen-bond donors (Lipinski definition) is 0. The quantitative estimate of drug-likeness (QED) is 0.596. The molecule has 2 aromatic carbocycles. The first-order chi connectivity index (χ1) is 12.3. The van der Waals surface area contributed by atoms with Crippen LogP contribution in [-0.2, 0) is 0 Å². The molecule has 2 heteroatoms. The van der Waals surface area contributed by atoms with Crippen molar-refractivity contribution < 1.29 is 4.74 Å². The van der Waals surface area contributed by atoms with Gasteiger partial charge in [0.05, 0.1) is 7.11 Å². The number of ether oxygens (including phenoxy) is 1. The third-order valence-corrected chi connectivity index (χ3v) is 4.87. The van der Waals surface area contributed by atoms with Gasteiger partial charge in [-0.25, -0.2) is 0 Å². The van der Waals surface area contributed by atoms with E-state index < -0.39 is 0 Å². The summed E-state index contributed by atoms with van der Waals surface area (Å²) in [7, 11) is 1.69. The van der Waals surface area contributed by atoms with E-state index in [1.165, 1.54) is 37.8 Å². The number of hydrogen-bond acceptors (Lipinski definition) is 2. The van der Waals surface area contributed by atoms with Crippen molar-refractivity contribution in [3.05, 3.63) is 78.5 Å². The van der Waals surface area contributed by atoms with Crippen molar-refractivity contribution in [3.63, 3.8) is 0 Å². The van der Waals surface area contributed by atoms with Crippen molar-refractivity contribution >= 4 is 11.8 Å². The lowest BCUT2D eigenvalue weighted by Gasteiger charge is -2.36. The highest BCUT2D eigenvalue weighted by molar-refractivity contribution is 5.60. The van der Waals surface area contributed by atoms with Gasteiger partial charge in [0.2, 0.25) is 0 Å². The van der Waals surface area contributed by atoms with Crippen LogP contribution >= 0.6 is 0 Å². The Labute approximate surface area is 151 Å². The summed E-state index contributed by atoms with van der Waals surface area (Å²) < 4.78 is 5.22. The molecule has 1 saturated carbocycles. The molecule has 0 aliphatic heterocycles.